The van der Waals surface area contributed by atoms with Gasteiger partial charge in [0.1, 0.15) is 0 Å². The smallest absolute Gasteiger partial charge is 0.235 e. The molecule has 29 heavy (non-hydrogen) atoms. The zero-order valence-electron chi connectivity index (χ0n) is 18.4. The Labute approximate surface area is 176 Å². The van der Waals surface area contributed by atoms with Crippen LogP contribution in [0, 0.1) is 0 Å². The predicted molar refractivity (Wildman–Crippen MR) is 120 cm³/mol. The predicted octanol–water partition coefficient (Wildman–Crippen LogP) is 6.21. The Bertz CT molecular complexity index is 665. The highest BCUT2D eigenvalue weighted by molar-refractivity contribution is 6.50. The Morgan fingerprint density at radius 2 is 1.34 bits per heavy atom. The number of hydrogen-bond acceptors (Lipinski definition) is 4. The minimum atomic E-state index is -0.434. The summed E-state index contributed by atoms with van der Waals surface area (Å²) in [6.07, 6.45) is 18.1. The van der Waals surface area contributed by atoms with Crippen molar-refractivity contribution in [2.24, 2.45) is 0 Å². The Morgan fingerprint density at radius 1 is 0.793 bits per heavy atom. The third-order valence-electron chi connectivity index (χ3n) is 5.69. The van der Waals surface area contributed by atoms with E-state index in [4.69, 9.17) is 0 Å². The molecule has 0 bridgehead atoms. The summed E-state index contributed by atoms with van der Waals surface area (Å²) in [5, 5.41) is 0. The van der Waals surface area contributed by atoms with Crippen LogP contribution >= 0.6 is 0 Å². The third-order valence-corrected chi connectivity index (χ3v) is 5.69. The summed E-state index contributed by atoms with van der Waals surface area (Å²) < 4.78 is 0. The summed E-state index contributed by atoms with van der Waals surface area (Å²) >= 11 is 0. The largest absolute Gasteiger partial charge is 0.370 e. The van der Waals surface area contributed by atoms with Gasteiger partial charge in [0.05, 0.1) is 17.0 Å². The van der Waals surface area contributed by atoms with E-state index in [1.165, 1.54) is 70.3 Å². The van der Waals surface area contributed by atoms with Gasteiger partial charge in [-0.1, -0.05) is 78.1 Å². The van der Waals surface area contributed by atoms with Gasteiger partial charge in [-0.05, 0) is 25.0 Å². The van der Waals surface area contributed by atoms with Gasteiger partial charge in [0, 0.05) is 25.4 Å². The number of unbranched alkanes of at least 4 members (excludes halogenated alkanes) is 10. The molecule has 1 aromatic heterocycles. The van der Waals surface area contributed by atoms with Crippen LogP contribution in [0.2, 0.25) is 0 Å². The molecule has 0 radical (unpaired) electrons. The summed E-state index contributed by atoms with van der Waals surface area (Å²) in [5.74, 6) is -0.854. The summed E-state index contributed by atoms with van der Waals surface area (Å²) in [6.45, 7) is 6.32. The Hall–Kier alpha value is -1.97. The number of rotatable bonds is 15. The second kappa shape index (κ2) is 13.3. The number of pyridine rings is 1. The molecule has 0 N–H and O–H groups in total. The first-order valence-electron chi connectivity index (χ1n) is 11.7. The van der Waals surface area contributed by atoms with Crippen LogP contribution in [0.25, 0.3) is 5.70 Å². The van der Waals surface area contributed by atoms with E-state index in [0.29, 0.717) is 11.3 Å². The molecule has 4 nitrogen and oxygen atoms in total. The van der Waals surface area contributed by atoms with E-state index in [-0.39, 0.29) is 0 Å². The number of carbonyl (C=O) groups excluding carboxylic acids is 2. The molecule has 0 unspecified atom stereocenters. The summed E-state index contributed by atoms with van der Waals surface area (Å²) in [6, 6.07) is 3.46. The molecule has 0 saturated carbocycles. The molecule has 2 rings (SSSR count). The van der Waals surface area contributed by atoms with Crippen LogP contribution in [0.5, 0.6) is 0 Å². The molecule has 0 fully saturated rings. The molecule has 1 aromatic rings. The average molecular weight is 399 g/mol. The van der Waals surface area contributed by atoms with Crippen molar-refractivity contribution < 1.29 is 9.59 Å². The van der Waals surface area contributed by atoms with E-state index in [2.05, 4.69) is 23.7 Å². The minimum absolute atomic E-state index is 0.420. The van der Waals surface area contributed by atoms with Gasteiger partial charge < -0.3 is 4.90 Å². The second-order valence-corrected chi connectivity index (χ2v) is 8.15. The molecule has 1 aliphatic rings. The summed E-state index contributed by atoms with van der Waals surface area (Å²) in [7, 11) is 0. The first-order chi connectivity index (χ1) is 14.2. The first-order valence-corrected chi connectivity index (χ1v) is 11.7. The van der Waals surface area contributed by atoms with Gasteiger partial charge in [-0.3, -0.25) is 14.6 Å². The van der Waals surface area contributed by atoms with E-state index in [1.54, 1.807) is 18.3 Å². The topological polar surface area (TPSA) is 50.3 Å². The van der Waals surface area contributed by atoms with Crippen molar-refractivity contribution in [1.29, 1.82) is 0 Å². The Kier molecular flexibility index (Phi) is 10.7. The quantitative estimate of drug-likeness (QED) is 0.260. The Morgan fingerprint density at radius 3 is 1.93 bits per heavy atom. The molecule has 0 saturated heterocycles. The van der Waals surface area contributed by atoms with Crippen molar-refractivity contribution >= 4 is 17.3 Å². The maximum Gasteiger partial charge on any atom is 0.235 e. The van der Waals surface area contributed by atoms with Crippen molar-refractivity contribution in [2.45, 2.75) is 90.9 Å². The third kappa shape index (κ3) is 7.41. The molecular weight excluding hydrogens is 360 g/mol. The van der Waals surface area contributed by atoms with E-state index < -0.39 is 11.6 Å². The number of aromatic nitrogens is 1. The molecule has 1 aliphatic carbocycles. The van der Waals surface area contributed by atoms with Crippen molar-refractivity contribution in [3.05, 3.63) is 35.7 Å². The second-order valence-electron chi connectivity index (χ2n) is 8.15. The molecule has 160 valence electrons. The standard InChI is InChI=1S/C25H38N2O2/c1-3-5-7-9-11-13-18-27(19-14-12-10-8-6-4-2)22-20-23(28)25(29)21-16-15-17-26-24(21)22/h15-17,20H,3-14,18-19H2,1-2H3. The molecule has 0 atom stereocenters. The Balaban J connectivity index is 2.02. The van der Waals surface area contributed by atoms with Gasteiger partial charge in [-0.25, -0.2) is 0 Å². The SMILES string of the molecule is CCCCCCCCN(CCCCCCCC)C1=CC(=O)C(=O)c2cccnc21. The lowest BCUT2D eigenvalue weighted by atomic mass is 9.96. The lowest BCUT2D eigenvalue weighted by Crippen LogP contribution is -2.30. The molecule has 0 spiro atoms. The van der Waals surface area contributed by atoms with Crippen molar-refractivity contribution in [3.63, 3.8) is 0 Å². The average Bonchev–Trinajstić information content (AvgIpc) is 2.74. The van der Waals surface area contributed by atoms with Crippen LogP contribution in [0.4, 0.5) is 0 Å². The normalized spacial score (nSPS) is 13.4. The van der Waals surface area contributed by atoms with Crippen molar-refractivity contribution in [3.8, 4) is 0 Å². The molecule has 4 heteroatoms. The molecule has 0 aromatic carbocycles. The molecule has 0 amide bonds. The monoisotopic (exact) mass is 398 g/mol. The number of ketones is 2. The van der Waals surface area contributed by atoms with Crippen LogP contribution in [-0.2, 0) is 4.79 Å². The summed E-state index contributed by atoms with van der Waals surface area (Å²) in [5.41, 5.74) is 1.97. The van der Waals surface area contributed by atoms with Crippen molar-refractivity contribution in [2.75, 3.05) is 13.1 Å². The zero-order chi connectivity index (χ0) is 20.9. The van der Waals surface area contributed by atoms with Crippen molar-refractivity contribution in [1.82, 2.24) is 9.88 Å². The van der Waals surface area contributed by atoms with Gasteiger partial charge in [0.15, 0.2) is 0 Å². The maximum absolute atomic E-state index is 12.3. The highest BCUT2D eigenvalue weighted by Gasteiger charge is 2.29. The number of allylic oxidation sites excluding steroid dienone is 1. The van der Waals surface area contributed by atoms with Crippen LogP contribution in [0.15, 0.2) is 24.4 Å². The minimum Gasteiger partial charge on any atom is -0.370 e. The van der Waals surface area contributed by atoms with E-state index in [1.807, 2.05) is 0 Å². The van der Waals surface area contributed by atoms with E-state index >= 15 is 0 Å². The van der Waals surface area contributed by atoms with Crippen LogP contribution < -0.4 is 0 Å². The van der Waals surface area contributed by atoms with Gasteiger partial charge in [-0.15, -0.1) is 0 Å². The number of Topliss-reactive ketones (excluding diaryl/α,β-unsaturated/α-hetero) is 1. The van der Waals surface area contributed by atoms with Gasteiger partial charge in [0.2, 0.25) is 11.6 Å². The first kappa shape index (κ1) is 23.3. The van der Waals surface area contributed by atoms with Crippen LogP contribution in [0.1, 0.15) is 107 Å². The molecule has 0 aliphatic heterocycles. The summed E-state index contributed by atoms with van der Waals surface area (Å²) in [4.78, 5) is 31.3. The number of fused-ring (bicyclic) bond motifs is 1. The molecular formula is C25H38N2O2. The fraction of sp³-hybridized carbons (Fsp3) is 0.640. The number of carbonyl (C=O) groups is 2. The lowest BCUT2D eigenvalue weighted by Gasteiger charge is -2.29. The highest BCUT2D eigenvalue weighted by Crippen LogP contribution is 2.27. The fourth-order valence-corrected chi connectivity index (χ4v) is 3.94. The fourth-order valence-electron chi connectivity index (χ4n) is 3.94. The van der Waals surface area contributed by atoms with E-state index in [9.17, 15) is 9.59 Å². The van der Waals surface area contributed by atoms with Crippen LogP contribution in [0.3, 0.4) is 0 Å². The lowest BCUT2D eigenvalue weighted by molar-refractivity contribution is -0.111. The number of hydrogen-bond donors (Lipinski definition) is 0. The van der Waals surface area contributed by atoms with Gasteiger partial charge >= 0.3 is 0 Å². The van der Waals surface area contributed by atoms with E-state index in [0.717, 1.165) is 31.6 Å². The van der Waals surface area contributed by atoms with Gasteiger partial charge in [0.25, 0.3) is 0 Å². The zero-order valence-corrected chi connectivity index (χ0v) is 18.4. The maximum atomic E-state index is 12.3. The number of nitrogens with zero attached hydrogens (tertiary/aromatic N) is 2. The highest BCUT2D eigenvalue weighted by atomic mass is 16.2. The van der Waals surface area contributed by atoms with Gasteiger partial charge in [-0.2, -0.15) is 0 Å². The molecule has 1 heterocycles. The van der Waals surface area contributed by atoms with Crippen LogP contribution in [-0.4, -0.2) is 34.5 Å².